The first kappa shape index (κ1) is 20.1. The number of rotatable bonds is 7. The molecule has 5 heteroatoms. The van der Waals surface area contributed by atoms with Crippen molar-refractivity contribution in [3.8, 4) is 0 Å². The van der Waals surface area contributed by atoms with E-state index in [1.165, 1.54) is 12.0 Å². The van der Waals surface area contributed by atoms with Gasteiger partial charge in [-0.05, 0) is 63.6 Å². The van der Waals surface area contributed by atoms with Crippen LogP contribution in [0.5, 0.6) is 0 Å². The summed E-state index contributed by atoms with van der Waals surface area (Å²) in [5.41, 5.74) is 1.24. The highest BCUT2D eigenvalue weighted by molar-refractivity contribution is 7.90. The van der Waals surface area contributed by atoms with Crippen LogP contribution in [0.15, 0.2) is 24.3 Å². The smallest absolute Gasteiger partial charge is 0.136 e. The molecule has 1 aromatic rings. The normalized spacial score (nSPS) is 21.0. The monoisotopic (exact) mass is 371 g/mol. The van der Waals surface area contributed by atoms with Gasteiger partial charge in [0.25, 0.3) is 0 Å². The Balaban J connectivity index is 2.30. The number of nitrogens with one attached hydrogen (secondary N) is 1. The van der Waals surface area contributed by atoms with E-state index in [0.717, 1.165) is 24.3 Å². The van der Waals surface area contributed by atoms with Gasteiger partial charge in [-0.2, -0.15) is 0 Å². The molecule has 0 aliphatic heterocycles. The van der Waals surface area contributed by atoms with Gasteiger partial charge in [0.15, 0.2) is 0 Å². The highest BCUT2D eigenvalue weighted by Gasteiger charge is 2.48. The summed E-state index contributed by atoms with van der Waals surface area (Å²) in [5, 5.41) is 10.3. The standard InChI is InChI=1S/C19H30ClNO2S/c1-14(13-22)12-17(21-24(23)18(2,3)4)19(10-5-11-19)15-6-8-16(20)9-7-15/h6-9,14,17,21-22H,5,10-13H2,1-4H3. The molecule has 2 N–H and O–H groups in total. The highest BCUT2D eigenvalue weighted by Crippen LogP contribution is 2.48. The van der Waals surface area contributed by atoms with Crippen molar-refractivity contribution in [1.29, 1.82) is 0 Å². The molecule has 136 valence electrons. The van der Waals surface area contributed by atoms with Crippen LogP contribution >= 0.6 is 11.6 Å². The van der Waals surface area contributed by atoms with Crippen molar-refractivity contribution in [2.75, 3.05) is 6.61 Å². The van der Waals surface area contributed by atoms with Crippen LogP contribution in [-0.2, 0) is 16.8 Å². The lowest BCUT2D eigenvalue weighted by Crippen LogP contribution is -2.57. The van der Waals surface area contributed by atoms with E-state index in [9.17, 15) is 9.66 Å². The van der Waals surface area contributed by atoms with Gasteiger partial charge in [-0.15, -0.1) is 4.72 Å². The lowest BCUT2D eigenvalue weighted by Gasteiger charge is -2.49. The molecule has 3 atom stereocenters. The maximum Gasteiger partial charge on any atom is 0.136 e. The van der Waals surface area contributed by atoms with E-state index >= 15 is 0 Å². The molecule has 24 heavy (non-hydrogen) atoms. The number of hydrogen-bond acceptors (Lipinski definition) is 3. The molecule has 2 rings (SSSR count). The molecule has 1 aliphatic rings. The Morgan fingerprint density at radius 3 is 2.29 bits per heavy atom. The van der Waals surface area contributed by atoms with Crippen LogP contribution < -0.4 is 4.72 Å². The van der Waals surface area contributed by atoms with Crippen molar-refractivity contribution in [1.82, 2.24) is 4.72 Å². The Hall–Kier alpha value is -0.260. The maximum absolute atomic E-state index is 12.7. The summed E-state index contributed by atoms with van der Waals surface area (Å²) in [6.07, 6.45) is 4.13. The van der Waals surface area contributed by atoms with Crippen molar-refractivity contribution in [3.63, 3.8) is 0 Å². The highest BCUT2D eigenvalue weighted by atomic mass is 35.5. The van der Waals surface area contributed by atoms with Crippen molar-refractivity contribution < 1.29 is 9.66 Å². The van der Waals surface area contributed by atoms with Crippen LogP contribution in [0.3, 0.4) is 0 Å². The average molecular weight is 372 g/mol. The molecule has 1 aromatic carbocycles. The van der Waals surface area contributed by atoms with Crippen molar-refractivity contribution in [2.24, 2.45) is 5.92 Å². The minimum atomic E-state index is -1.14. The summed E-state index contributed by atoms with van der Waals surface area (Å²) in [6.45, 7) is 8.15. The molecule has 1 aliphatic carbocycles. The number of hydrogen-bond donors (Lipinski definition) is 2. The second-order valence-electron chi connectivity index (χ2n) is 8.09. The van der Waals surface area contributed by atoms with Gasteiger partial charge in [0.05, 0.1) is 6.04 Å². The van der Waals surface area contributed by atoms with E-state index in [-0.39, 0.29) is 28.7 Å². The molecule has 1 fully saturated rings. The first-order valence-electron chi connectivity index (χ1n) is 8.74. The Kier molecular flexibility index (Phi) is 6.65. The molecule has 3 nitrogen and oxygen atoms in total. The van der Waals surface area contributed by atoms with E-state index in [0.29, 0.717) is 0 Å². The summed E-state index contributed by atoms with van der Waals surface area (Å²) in [7, 11) is 0. The van der Waals surface area contributed by atoms with Gasteiger partial charge in [0.1, 0.15) is 4.75 Å². The van der Waals surface area contributed by atoms with Gasteiger partial charge in [-0.25, -0.2) is 0 Å². The number of aliphatic hydroxyl groups is 1. The van der Waals surface area contributed by atoms with Crippen LogP contribution in [0.2, 0.25) is 5.02 Å². The van der Waals surface area contributed by atoms with Crippen LogP contribution in [0.4, 0.5) is 0 Å². The second-order valence-corrected chi connectivity index (χ2v) is 10.5. The fourth-order valence-electron chi connectivity index (χ4n) is 3.35. The van der Waals surface area contributed by atoms with E-state index < -0.39 is 11.4 Å². The van der Waals surface area contributed by atoms with Gasteiger partial charge in [0, 0.05) is 28.4 Å². The minimum Gasteiger partial charge on any atom is -0.598 e. The lowest BCUT2D eigenvalue weighted by atomic mass is 9.59. The first-order chi connectivity index (χ1) is 11.2. The van der Waals surface area contributed by atoms with Crippen molar-refractivity contribution >= 4 is 23.0 Å². The topological polar surface area (TPSA) is 55.3 Å². The summed E-state index contributed by atoms with van der Waals surface area (Å²) in [5.74, 6) is 0.171. The molecular formula is C19H30ClNO2S. The van der Waals surface area contributed by atoms with E-state index in [2.05, 4.69) is 16.9 Å². The number of halogens is 1. The predicted molar refractivity (Wildman–Crippen MR) is 103 cm³/mol. The summed E-state index contributed by atoms with van der Waals surface area (Å²) in [4.78, 5) is 0. The van der Waals surface area contributed by atoms with Gasteiger partial charge in [-0.3, -0.25) is 0 Å². The van der Waals surface area contributed by atoms with E-state index in [1.807, 2.05) is 39.8 Å². The Morgan fingerprint density at radius 2 is 1.88 bits per heavy atom. The quantitative estimate of drug-likeness (QED) is 0.706. The lowest BCUT2D eigenvalue weighted by molar-refractivity contribution is 0.144. The zero-order chi connectivity index (χ0) is 18.0. The Morgan fingerprint density at radius 1 is 1.29 bits per heavy atom. The van der Waals surface area contributed by atoms with Gasteiger partial charge in [0.2, 0.25) is 0 Å². The van der Waals surface area contributed by atoms with Crippen LogP contribution in [0.25, 0.3) is 0 Å². The fraction of sp³-hybridized carbons (Fsp3) is 0.684. The van der Waals surface area contributed by atoms with Crippen LogP contribution in [0, 0.1) is 5.92 Å². The number of aliphatic hydroxyl groups excluding tert-OH is 1. The summed E-state index contributed by atoms with van der Waals surface area (Å²) in [6, 6.07) is 8.14. The molecule has 0 bridgehead atoms. The van der Waals surface area contributed by atoms with Gasteiger partial charge < -0.3 is 9.66 Å². The van der Waals surface area contributed by atoms with E-state index in [4.69, 9.17) is 11.6 Å². The maximum atomic E-state index is 12.7. The molecule has 3 unspecified atom stereocenters. The number of benzene rings is 1. The third-order valence-electron chi connectivity index (χ3n) is 5.09. The molecule has 0 heterocycles. The molecule has 0 radical (unpaired) electrons. The van der Waals surface area contributed by atoms with Gasteiger partial charge >= 0.3 is 0 Å². The van der Waals surface area contributed by atoms with Crippen LogP contribution in [-0.4, -0.2) is 27.1 Å². The Bertz CT molecular complexity index is 525. The first-order valence-corrected chi connectivity index (χ1v) is 10.3. The summed E-state index contributed by atoms with van der Waals surface area (Å²) < 4.78 is 15.8. The molecule has 0 aromatic heterocycles. The molecular weight excluding hydrogens is 342 g/mol. The zero-order valence-electron chi connectivity index (χ0n) is 15.1. The fourth-order valence-corrected chi connectivity index (χ4v) is 4.41. The second kappa shape index (κ2) is 7.96. The SMILES string of the molecule is CC(CO)CC(N[S+]([O-])C(C)(C)C)C1(c2ccc(Cl)cc2)CCC1. The third-order valence-corrected chi connectivity index (χ3v) is 6.95. The van der Waals surface area contributed by atoms with E-state index in [1.54, 1.807) is 0 Å². The van der Waals surface area contributed by atoms with Gasteiger partial charge in [-0.1, -0.05) is 37.1 Å². The minimum absolute atomic E-state index is 0.0189. The molecule has 0 spiro atoms. The van der Waals surface area contributed by atoms with Crippen molar-refractivity contribution in [3.05, 3.63) is 34.9 Å². The zero-order valence-corrected chi connectivity index (χ0v) is 16.7. The predicted octanol–water partition coefficient (Wildman–Crippen LogP) is 4.20. The Labute approximate surface area is 154 Å². The third kappa shape index (κ3) is 4.47. The molecule has 0 amide bonds. The molecule has 1 saturated carbocycles. The average Bonchev–Trinajstić information content (AvgIpc) is 2.46. The summed E-state index contributed by atoms with van der Waals surface area (Å²) >= 11 is 4.92. The van der Waals surface area contributed by atoms with Crippen molar-refractivity contribution in [2.45, 2.75) is 69.6 Å². The van der Waals surface area contributed by atoms with Crippen LogP contribution in [0.1, 0.15) is 58.9 Å². The molecule has 0 saturated heterocycles. The largest absolute Gasteiger partial charge is 0.598 e.